The van der Waals surface area contributed by atoms with Gasteiger partial charge in [0.25, 0.3) is 17.3 Å². The third-order valence-corrected chi connectivity index (χ3v) is 5.03. The van der Waals surface area contributed by atoms with Crippen molar-refractivity contribution in [2.24, 2.45) is 5.10 Å². The molecule has 0 aliphatic carbocycles. The van der Waals surface area contributed by atoms with Crippen LogP contribution in [-0.2, 0) is 0 Å². The van der Waals surface area contributed by atoms with E-state index in [-0.39, 0.29) is 24.0 Å². The maximum atomic E-state index is 12.8. The van der Waals surface area contributed by atoms with Gasteiger partial charge in [0.15, 0.2) is 0 Å². The zero-order valence-corrected chi connectivity index (χ0v) is 19.1. The lowest BCUT2D eigenvalue weighted by atomic mass is 10.2. The van der Waals surface area contributed by atoms with E-state index >= 15 is 0 Å². The summed E-state index contributed by atoms with van der Waals surface area (Å²) in [5, 5.41) is 28.4. The lowest BCUT2D eigenvalue weighted by molar-refractivity contribution is -0.394. The normalized spacial score (nSPS) is 10.8. The summed E-state index contributed by atoms with van der Waals surface area (Å²) in [6.45, 7) is 2.04. The summed E-state index contributed by atoms with van der Waals surface area (Å²) in [5.74, 6) is -0.244. The number of carbonyl (C=O) groups is 1. The van der Waals surface area contributed by atoms with Crippen LogP contribution in [0.4, 0.5) is 11.4 Å². The second kappa shape index (κ2) is 10.7. The minimum Gasteiger partial charge on any atom is -0.457 e. The SMILES string of the molecule is CCN(N=Cc1ccc(Cl)cc1Cl)C(=O)c1ccc(Oc2cc([N+](=O)[O-])cc([N+](=O)[O-])c2)cc1. The summed E-state index contributed by atoms with van der Waals surface area (Å²) < 4.78 is 5.52. The zero-order chi connectivity index (χ0) is 24.8. The van der Waals surface area contributed by atoms with E-state index in [2.05, 4.69) is 5.10 Å². The van der Waals surface area contributed by atoms with Crippen LogP contribution in [-0.4, -0.2) is 33.5 Å². The van der Waals surface area contributed by atoms with Gasteiger partial charge in [0.1, 0.15) is 11.5 Å². The molecule has 0 unspecified atom stereocenters. The summed E-state index contributed by atoms with van der Waals surface area (Å²) in [6.07, 6.45) is 1.45. The van der Waals surface area contributed by atoms with Crippen molar-refractivity contribution < 1.29 is 19.4 Å². The van der Waals surface area contributed by atoms with Gasteiger partial charge < -0.3 is 4.74 Å². The fraction of sp³-hybridized carbons (Fsp3) is 0.0909. The van der Waals surface area contributed by atoms with Gasteiger partial charge in [0.05, 0.1) is 39.3 Å². The van der Waals surface area contributed by atoms with Crippen LogP contribution >= 0.6 is 23.2 Å². The molecule has 3 rings (SSSR count). The van der Waals surface area contributed by atoms with Crippen LogP contribution in [0.2, 0.25) is 10.0 Å². The van der Waals surface area contributed by atoms with Crippen LogP contribution in [0.5, 0.6) is 11.5 Å². The number of hydrogen-bond acceptors (Lipinski definition) is 7. The molecule has 0 aromatic heterocycles. The fourth-order valence-electron chi connectivity index (χ4n) is 2.80. The molecule has 0 bridgehead atoms. The standard InChI is InChI=1S/C22H16Cl2N4O6/c1-2-26(25-13-15-3-6-16(23)9-21(15)24)22(29)14-4-7-19(8-5-14)34-20-11-17(27(30)31)10-18(12-20)28(32)33/h3-13H,2H2,1H3. The molecule has 0 aliphatic rings. The molecule has 0 spiro atoms. The molecule has 3 aromatic carbocycles. The molecule has 0 heterocycles. The monoisotopic (exact) mass is 502 g/mol. The van der Waals surface area contributed by atoms with E-state index in [0.29, 0.717) is 21.2 Å². The van der Waals surface area contributed by atoms with Crippen molar-refractivity contribution in [3.63, 3.8) is 0 Å². The maximum Gasteiger partial charge on any atom is 0.280 e. The Balaban J connectivity index is 1.76. The number of hydrogen-bond donors (Lipinski definition) is 0. The number of nitrogens with zero attached hydrogens (tertiary/aromatic N) is 4. The van der Waals surface area contributed by atoms with Gasteiger partial charge in [-0.05, 0) is 43.3 Å². The lowest BCUT2D eigenvalue weighted by Gasteiger charge is -2.15. The van der Waals surface area contributed by atoms with E-state index < -0.39 is 21.2 Å². The van der Waals surface area contributed by atoms with Gasteiger partial charge in [-0.2, -0.15) is 5.10 Å². The predicted molar refractivity (Wildman–Crippen MR) is 127 cm³/mol. The van der Waals surface area contributed by atoms with Gasteiger partial charge in [0.2, 0.25) is 0 Å². The Hall–Kier alpha value is -4.02. The number of amides is 1. The fourth-order valence-corrected chi connectivity index (χ4v) is 3.26. The molecule has 0 fully saturated rings. The minimum atomic E-state index is -0.751. The third-order valence-electron chi connectivity index (χ3n) is 4.47. The number of rotatable bonds is 8. The van der Waals surface area contributed by atoms with Crippen molar-refractivity contribution in [2.45, 2.75) is 6.92 Å². The second-order valence-corrected chi connectivity index (χ2v) is 7.60. The van der Waals surface area contributed by atoms with Crippen molar-refractivity contribution >= 4 is 46.7 Å². The molecule has 0 saturated heterocycles. The number of hydrazone groups is 1. The highest BCUT2D eigenvalue weighted by atomic mass is 35.5. The molecule has 12 heteroatoms. The van der Waals surface area contributed by atoms with Crippen molar-refractivity contribution in [3.05, 3.63) is 102 Å². The van der Waals surface area contributed by atoms with E-state index in [1.165, 1.54) is 35.5 Å². The molecule has 0 radical (unpaired) electrons. The zero-order valence-electron chi connectivity index (χ0n) is 17.6. The average Bonchev–Trinajstić information content (AvgIpc) is 2.80. The van der Waals surface area contributed by atoms with E-state index in [4.69, 9.17) is 27.9 Å². The number of benzene rings is 3. The van der Waals surface area contributed by atoms with Gasteiger partial charge in [-0.25, -0.2) is 5.01 Å². The molecule has 3 aromatic rings. The highest BCUT2D eigenvalue weighted by Crippen LogP contribution is 2.31. The van der Waals surface area contributed by atoms with E-state index in [1.807, 2.05) is 0 Å². The summed E-state index contributed by atoms with van der Waals surface area (Å²) >= 11 is 12.0. The summed E-state index contributed by atoms with van der Waals surface area (Å²) in [4.78, 5) is 33.4. The molecular formula is C22H16Cl2N4O6. The first-order valence-corrected chi connectivity index (χ1v) is 10.5. The van der Waals surface area contributed by atoms with Crippen molar-refractivity contribution in [1.82, 2.24) is 5.01 Å². The van der Waals surface area contributed by atoms with Gasteiger partial charge in [-0.15, -0.1) is 0 Å². The number of ether oxygens (including phenoxy) is 1. The average molecular weight is 503 g/mol. The Bertz CT molecular complexity index is 1250. The van der Waals surface area contributed by atoms with Crippen LogP contribution in [0, 0.1) is 20.2 Å². The third kappa shape index (κ3) is 6.06. The lowest BCUT2D eigenvalue weighted by Crippen LogP contribution is -2.25. The molecule has 34 heavy (non-hydrogen) atoms. The first-order valence-electron chi connectivity index (χ1n) is 9.70. The number of non-ortho nitro benzene ring substituents is 2. The van der Waals surface area contributed by atoms with E-state index in [9.17, 15) is 25.0 Å². The summed E-state index contributed by atoms with van der Waals surface area (Å²) in [5.41, 5.74) is -0.0628. The van der Waals surface area contributed by atoms with Crippen molar-refractivity contribution in [2.75, 3.05) is 6.54 Å². The van der Waals surface area contributed by atoms with Crippen LogP contribution in [0.15, 0.2) is 65.8 Å². The highest BCUT2D eigenvalue weighted by Gasteiger charge is 2.18. The number of carbonyl (C=O) groups excluding carboxylic acids is 1. The summed E-state index contributed by atoms with van der Waals surface area (Å²) in [7, 11) is 0. The molecule has 10 nitrogen and oxygen atoms in total. The smallest absolute Gasteiger partial charge is 0.280 e. The Morgan fingerprint density at radius 2 is 1.59 bits per heavy atom. The van der Waals surface area contributed by atoms with Crippen LogP contribution in [0.3, 0.4) is 0 Å². The summed E-state index contributed by atoms with van der Waals surface area (Å²) in [6, 6.07) is 13.8. The second-order valence-electron chi connectivity index (χ2n) is 6.76. The Morgan fingerprint density at radius 1 is 0.971 bits per heavy atom. The molecule has 0 aliphatic heterocycles. The van der Waals surface area contributed by atoms with Crippen LogP contribution in [0.25, 0.3) is 0 Å². The number of nitro groups is 2. The Morgan fingerprint density at radius 3 is 2.12 bits per heavy atom. The minimum absolute atomic E-state index is 0.0837. The molecule has 0 atom stereocenters. The highest BCUT2D eigenvalue weighted by molar-refractivity contribution is 6.36. The van der Waals surface area contributed by atoms with Crippen LogP contribution < -0.4 is 4.74 Å². The predicted octanol–water partition coefficient (Wildman–Crippen LogP) is 6.10. The van der Waals surface area contributed by atoms with Gasteiger partial charge in [-0.1, -0.05) is 29.3 Å². The largest absolute Gasteiger partial charge is 0.457 e. The van der Waals surface area contributed by atoms with Gasteiger partial charge in [-0.3, -0.25) is 25.0 Å². The quantitative estimate of drug-likeness (QED) is 0.208. The van der Waals surface area contributed by atoms with Gasteiger partial charge >= 0.3 is 0 Å². The van der Waals surface area contributed by atoms with E-state index in [1.54, 1.807) is 25.1 Å². The molecule has 174 valence electrons. The molecule has 1 amide bonds. The Kier molecular flexibility index (Phi) is 7.77. The topological polar surface area (TPSA) is 128 Å². The Labute approximate surface area is 203 Å². The van der Waals surface area contributed by atoms with Crippen molar-refractivity contribution in [1.29, 1.82) is 0 Å². The van der Waals surface area contributed by atoms with Gasteiger partial charge in [0, 0.05) is 22.7 Å². The van der Waals surface area contributed by atoms with E-state index in [0.717, 1.165) is 18.2 Å². The maximum absolute atomic E-state index is 12.8. The number of nitro benzene ring substituents is 2. The van der Waals surface area contributed by atoms with Crippen molar-refractivity contribution in [3.8, 4) is 11.5 Å². The first kappa shape index (κ1) is 24.6. The molecular weight excluding hydrogens is 487 g/mol. The first-order chi connectivity index (χ1) is 16.2. The number of halogens is 2. The molecule has 0 N–H and O–H groups in total. The van der Waals surface area contributed by atoms with Crippen LogP contribution in [0.1, 0.15) is 22.8 Å². The molecule has 0 saturated carbocycles.